The molecule has 1 aromatic heterocycles. The Morgan fingerprint density at radius 1 is 1.33 bits per heavy atom. The zero-order valence-corrected chi connectivity index (χ0v) is 20.6. The number of ether oxygens (including phenoxy) is 1. The SMILES string of the molecule is CCCn1c(N2CC(C)OC(C)C2)c(/C=C2/SC(=S)N(CC(=O)O)C2=O)c(C)c(C#N)c1=O. The molecule has 2 atom stereocenters. The lowest BCUT2D eigenvalue weighted by atomic mass is 10.0. The highest BCUT2D eigenvalue weighted by Gasteiger charge is 2.35. The van der Waals surface area contributed by atoms with Gasteiger partial charge in [-0.2, -0.15) is 5.26 Å². The molecule has 0 radical (unpaired) electrons. The lowest BCUT2D eigenvalue weighted by Gasteiger charge is -2.39. The van der Waals surface area contributed by atoms with Gasteiger partial charge in [-0.05, 0) is 38.8 Å². The number of thiocarbonyl (C=S) groups is 1. The lowest BCUT2D eigenvalue weighted by Crippen LogP contribution is -2.48. The van der Waals surface area contributed by atoms with E-state index >= 15 is 0 Å². The highest BCUT2D eigenvalue weighted by molar-refractivity contribution is 8.26. The quantitative estimate of drug-likeness (QED) is 0.474. The molecule has 2 aliphatic heterocycles. The highest BCUT2D eigenvalue weighted by atomic mass is 32.2. The van der Waals surface area contributed by atoms with E-state index in [9.17, 15) is 19.6 Å². The van der Waals surface area contributed by atoms with Gasteiger partial charge in [0.05, 0.1) is 17.1 Å². The first-order valence-corrected chi connectivity index (χ1v) is 11.9. The summed E-state index contributed by atoms with van der Waals surface area (Å²) in [5.74, 6) is -1.04. The molecule has 2 fully saturated rings. The first kappa shape index (κ1) is 25.0. The number of carboxylic acids is 1. The predicted octanol–water partition coefficient (Wildman–Crippen LogP) is 2.34. The molecular weight excluding hydrogens is 464 g/mol. The molecule has 2 unspecified atom stereocenters. The van der Waals surface area contributed by atoms with E-state index in [1.807, 2.05) is 26.8 Å². The maximum atomic E-state index is 13.2. The number of carbonyl (C=O) groups is 2. The number of aromatic nitrogens is 1. The van der Waals surface area contributed by atoms with E-state index in [4.69, 9.17) is 22.1 Å². The van der Waals surface area contributed by atoms with Crippen LogP contribution in [0, 0.1) is 18.3 Å². The van der Waals surface area contributed by atoms with E-state index in [1.165, 1.54) is 0 Å². The molecule has 0 spiro atoms. The maximum absolute atomic E-state index is 13.2. The van der Waals surface area contributed by atoms with Crippen molar-refractivity contribution in [2.45, 2.75) is 52.9 Å². The Kier molecular flexibility index (Phi) is 7.62. The smallest absolute Gasteiger partial charge is 0.323 e. The summed E-state index contributed by atoms with van der Waals surface area (Å²) in [5.41, 5.74) is 0.708. The number of rotatable bonds is 6. The molecule has 0 aromatic carbocycles. The number of nitrogens with zero attached hydrogens (tertiary/aromatic N) is 4. The summed E-state index contributed by atoms with van der Waals surface area (Å²) in [4.78, 5) is 40.6. The van der Waals surface area contributed by atoms with Gasteiger partial charge in [0, 0.05) is 25.2 Å². The maximum Gasteiger partial charge on any atom is 0.323 e. The minimum Gasteiger partial charge on any atom is -0.480 e. The molecule has 9 nitrogen and oxygen atoms in total. The van der Waals surface area contributed by atoms with Crippen molar-refractivity contribution in [3.8, 4) is 6.07 Å². The largest absolute Gasteiger partial charge is 0.480 e. The highest BCUT2D eigenvalue weighted by Crippen LogP contribution is 2.36. The van der Waals surface area contributed by atoms with Crippen LogP contribution in [0.1, 0.15) is 43.9 Å². The van der Waals surface area contributed by atoms with Crippen molar-refractivity contribution in [1.82, 2.24) is 9.47 Å². The Morgan fingerprint density at radius 3 is 2.52 bits per heavy atom. The Hall–Kier alpha value is -2.68. The van der Waals surface area contributed by atoms with Crippen molar-refractivity contribution < 1.29 is 19.4 Å². The van der Waals surface area contributed by atoms with Gasteiger partial charge in [0.15, 0.2) is 0 Å². The lowest BCUT2D eigenvalue weighted by molar-refractivity contribution is -0.140. The molecule has 1 N–H and O–H groups in total. The summed E-state index contributed by atoms with van der Waals surface area (Å²) in [6, 6.07) is 2.02. The zero-order valence-electron chi connectivity index (χ0n) is 19.0. The Balaban J connectivity index is 2.25. The summed E-state index contributed by atoms with van der Waals surface area (Å²) in [5, 5.41) is 18.8. The van der Waals surface area contributed by atoms with Crippen molar-refractivity contribution in [3.05, 3.63) is 31.9 Å². The van der Waals surface area contributed by atoms with Crippen molar-refractivity contribution in [2.24, 2.45) is 0 Å². The van der Waals surface area contributed by atoms with Crippen LogP contribution < -0.4 is 10.5 Å². The zero-order chi connectivity index (χ0) is 24.4. The van der Waals surface area contributed by atoms with Gasteiger partial charge in [-0.1, -0.05) is 30.9 Å². The average Bonchev–Trinajstić information content (AvgIpc) is 2.98. The van der Waals surface area contributed by atoms with Crippen molar-refractivity contribution in [2.75, 3.05) is 24.5 Å². The molecule has 1 amide bonds. The second-order valence-electron chi connectivity index (χ2n) is 8.13. The molecule has 2 aliphatic rings. The summed E-state index contributed by atoms with van der Waals surface area (Å²) < 4.78 is 7.62. The Morgan fingerprint density at radius 2 is 1.97 bits per heavy atom. The molecule has 1 aromatic rings. The van der Waals surface area contributed by atoms with Gasteiger partial charge in [0.2, 0.25) is 0 Å². The van der Waals surface area contributed by atoms with Crippen LogP contribution in [0.3, 0.4) is 0 Å². The Labute approximate surface area is 201 Å². The van der Waals surface area contributed by atoms with Gasteiger partial charge < -0.3 is 14.7 Å². The molecule has 3 heterocycles. The van der Waals surface area contributed by atoms with Gasteiger partial charge in [-0.15, -0.1) is 0 Å². The van der Waals surface area contributed by atoms with Crippen LogP contribution in [0.5, 0.6) is 0 Å². The number of aliphatic carboxylic acids is 1. The van der Waals surface area contributed by atoms with Gasteiger partial charge in [0.1, 0.15) is 28.3 Å². The molecule has 0 saturated carbocycles. The standard InChI is InChI=1S/C22H26N4O5S2/c1-5-6-25-19(24-9-12(2)31-13(3)10-24)15(14(4)16(8-23)20(25)29)7-17-21(30)26(11-18(27)28)22(32)33-17/h7,12-13H,5-6,9-11H2,1-4H3,(H,27,28)/b17-7+. The minimum absolute atomic E-state index is 0.0221. The summed E-state index contributed by atoms with van der Waals surface area (Å²) in [6.07, 6.45) is 2.16. The summed E-state index contributed by atoms with van der Waals surface area (Å²) in [7, 11) is 0. The molecule has 0 aliphatic carbocycles. The fourth-order valence-electron chi connectivity index (χ4n) is 4.17. The third-order valence-corrected chi connectivity index (χ3v) is 6.83. The first-order chi connectivity index (χ1) is 15.6. The summed E-state index contributed by atoms with van der Waals surface area (Å²) >= 11 is 6.23. The number of carbonyl (C=O) groups excluding carboxylic acids is 1. The van der Waals surface area contributed by atoms with Crippen molar-refractivity contribution in [3.63, 3.8) is 0 Å². The van der Waals surface area contributed by atoms with Crippen LogP contribution in [0.25, 0.3) is 6.08 Å². The van der Waals surface area contributed by atoms with E-state index in [0.29, 0.717) is 43.0 Å². The molecule has 3 rings (SSSR count). The Bertz CT molecular complexity index is 1130. The van der Waals surface area contributed by atoms with Crippen LogP contribution in [-0.2, 0) is 20.9 Å². The van der Waals surface area contributed by atoms with Gasteiger partial charge >= 0.3 is 5.97 Å². The van der Waals surface area contributed by atoms with Gasteiger partial charge in [-0.25, -0.2) is 0 Å². The second kappa shape index (κ2) is 10.1. The fraction of sp³-hybridized carbons (Fsp3) is 0.500. The van der Waals surface area contributed by atoms with E-state index in [-0.39, 0.29) is 32.6 Å². The topological polar surface area (TPSA) is 116 Å². The second-order valence-corrected chi connectivity index (χ2v) is 9.81. The molecule has 176 valence electrons. The number of carboxylic acid groups (broad SMARTS) is 1. The number of hydrogen-bond donors (Lipinski definition) is 1. The van der Waals surface area contributed by atoms with Crippen LogP contribution in [0.2, 0.25) is 0 Å². The number of morpholine rings is 1. The van der Waals surface area contributed by atoms with Crippen molar-refractivity contribution in [1.29, 1.82) is 5.26 Å². The van der Waals surface area contributed by atoms with E-state index in [2.05, 4.69) is 4.90 Å². The number of amides is 1. The normalized spacial score (nSPS) is 22.2. The fourth-order valence-corrected chi connectivity index (χ4v) is 5.41. The van der Waals surface area contributed by atoms with E-state index < -0.39 is 18.4 Å². The van der Waals surface area contributed by atoms with Crippen LogP contribution in [-0.4, -0.2) is 62.6 Å². The number of thioether (sulfide) groups is 1. The number of pyridine rings is 1. The number of nitriles is 1. The minimum atomic E-state index is -1.16. The number of anilines is 1. The van der Waals surface area contributed by atoms with Gasteiger partial charge in [-0.3, -0.25) is 23.9 Å². The van der Waals surface area contributed by atoms with Crippen LogP contribution in [0.4, 0.5) is 5.82 Å². The third-order valence-electron chi connectivity index (χ3n) is 5.46. The van der Waals surface area contributed by atoms with E-state index in [1.54, 1.807) is 17.6 Å². The molecular formula is C22H26N4O5S2. The first-order valence-electron chi connectivity index (χ1n) is 10.6. The third kappa shape index (κ3) is 4.98. The molecule has 2 saturated heterocycles. The monoisotopic (exact) mass is 490 g/mol. The molecule has 33 heavy (non-hydrogen) atoms. The van der Waals surface area contributed by atoms with Crippen LogP contribution >= 0.6 is 24.0 Å². The predicted molar refractivity (Wildman–Crippen MR) is 130 cm³/mol. The van der Waals surface area contributed by atoms with E-state index in [0.717, 1.165) is 16.7 Å². The average molecular weight is 491 g/mol. The number of hydrogen-bond acceptors (Lipinski definition) is 8. The van der Waals surface area contributed by atoms with Gasteiger partial charge in [0.25, 0.3) is 11.5 Å². The van der Waals surface area contributed by atoms with Crippen molar-refractivity contribution >= 4 is 52.1 Å². The molecule has 0 bridgehead atoms. The summed E-state index contributed by atoms with van der Waals surface area (Å²) in [6.45, 7) is 8.52. The molecule has 11 heteroatoms. The van der Waals surface area contributed by atoms with Crippen LogP contribution in [0.15, 0.2) is 9.70 Å².